The lowest BCUT2D eigenvalue weighted by atomic mass is 9.97. The van der Waals surface area contributed by atoms with Crippen LogP contribution in [0.3, 0.4) is 0 Å². The minimum Gasteiger partial charge on any atom is -0.468 e. The molecule has 0 aromatic rings. The van der Waals surface area contributed by atoms with Crippen LogP contribution in [0.2, 0.25) is 0 Å². The Morgan fingerprint density at radius 1 is 1.37 bits per heavy atom. The number of methoxy groups -OCH3 is 1. The molecule has 0 saturated heterocycles. The fraction of sp³-hybridized carbons (Fsp3) is 0.917. The van der Waals surface area contributed by atoms with Gasteiger partial charge in [0.1, 0.15) is 5.54 Å². The fourth-order valence-corrected chi connectivity index (χ4v) is 1.69. The Balaban J connectivity index is 4.45. The van der Waals surface area contributed by atoms with Crippen molar-refractivity contribution in [2.45, 2.75) is 38.4 Å². The average molecular weight is 284 g/mol. The first-order valence-corrected chi connectivity index (χ1v) is 6.23. The molecule has 4 nitrogen and oxygen atoms in total. The molecule has 0 saturated carbocycles. The molecule has 0 heterocycles. The van der Waals surface area contributed by atoms with Crippen molar-refractivity contribution in [2.24, 2.45) is 0 Å². The minimum absolute atomic E-state index is 0.155. The number of esters is 1. The molecule has 0 aromatic carbocycles. The highest BCUT2D eigenvalue weighted by Crippen LogP contribution is 2.18. The number of hydrogen-bond acceptors (Lipinski definition) is 4. The molecule has 0 aromatic heterocycles. The van der Waals surface area contributed by atoms with Gasteiger partial charge >= 0.3 is 12.1 Å². The van der Waals surface area contributed by atoms with Gasteiger partial charge in [0.15, 0.2) is 0 Å². The SMILES string of the molecule is CCCNC(C)(CCN(C)CC(F)(F)F)C(=O)OC. The Kier molecular flexibility index (Phi) is 7.36. The van der Waals surface area contributed by atoms with Gasteiger partial charge in [0.25, 0.3) is 0 Å². The van der Waals surface area contributed by atoms with Gasteiger partial charge in [0, 0.05) is 6.54 Å². The van der Waals surface area contributed by atoms with Gasteiger partial charge in [-0.2, -0.15) is 13.2 Å². The van der Waals surface area contributed by atoms with E-state index in [1.54, 1.807) is 6.92 Å². The summed E-state index contributed by atoms with van der Waals surface area (Å²) in [7, 11) is 2.65. The number of hydrogen-bond donors (Lipinski definition) is 1. The Bertz CT molecular complexity index is 285. The maximum Gasteiger partial charge on any atom is 0.401 e. The monoisotopic (exact) mass is 284 g/mol. The maximum atomic E-state index is 12.2. The molecule has 0 aliphatic carbocycles. The van der Waals surface area contributed by atoms with E-state index in [9.17, 15) is 18.0 Å². The molecule has 114 valence electrons. The highest BCUT2D eigenvalue weighted by Gasteiger charge is 2.35. The second-order valence-electron chi connectivity index (χ2n) is 4.85. The summed E-state index contributed by atoms with van der Waals surface area (Å²) >= 11 is 0. The molecule has 1 N–H and O–H groups in total. The lowest BCUT2D eigenvalue weighted by Gasteiger charge is -2.30. The Morgan fingerprint density at radius 2 is 1.95 bits per heavy atom. The molecule has 0 aliphatic heterocycles. The van der Waals surface area contributed by atoms with Crippen LogP contribution in [-0.2, 0) is 9.53 Å². The number of nitrogens with zero attached hydrogens (tertiary/aromatic N) is 1. The van der Waals surface area contributed by atoms with E-state index in [4.69, 9.17) is 4.74 Å². The standard InChI is InChI=1S/C12H23F3N2O2/c1-5-7-16-11(2,10(18)19-4)6-8-17(3)9-12(13,14)15/h16H,5-9H2,1-4H3. The number of rotatable bonds is 8. The van der Waals surface area contributed by atoms with Crippen LogP contribution in [0.5, 0.6) is 0 Å². The highest BCUT2D eigenvalue weighted by atomic mass is 19.4. The smallest absolute Gasteiger partial charge is 0.401 e. The number of carbonyl (C=O) groups excluding carboxylic acids is 1. The van der Waals surface area contributed by atoms with Crippen molar-refractivity contribution in [3.8, 4) is 0 Å². The third kappa shape index (κ3) is 7.37. The van der Waals surface area contributed by atoms with E-state index in [0.717, 1.165) is 11.3 Å². The van der Waals surface area contributed by atoms with Gasteiger partial charge in [-0.15, -0.1) is 0 Å². The third-order valence-electron chi connectivity index (χ3n) is 2.84. The Labute approximate surface area is 112 Å². The van der Waals surface area contributed by atoms with Crippen molar-refractivity contribution in [1.29, 1.82) is 0 Å². The molecule has 1 atom stereocenters. The van der Waals surface area contributed by atoms with Gasteiger partial charge in [0.05, 0.1) is 13.7 Å². The molecule has 19 heavy (non-hydrogen) atoms. The van der Waals surface area contributed by atoms with E-state index in [1.165, 1.54) is 14.2 Å². The summed E-state index contributed by atoms with van der Waals surface area (Å²) in [4.78, 5) is 12.9. The summed E-state index contributed by atoms with van der Waals surface area (Å²) in [5.41, 5.74) is -0.954. The molecule has 0 amide bonds. The van der Waals surface area contributed by atoms with Crippen LogP contribution in [0.1, 0.15) is 26.7 Å². The molecule has 0 bridgehead atoms. The highest BCUT2D eigenvalue weighted by molar-refractivity contribution is 5.80. The zero-order valence-electron chi connectivity index (χ0n) is 11.9. The van der Waals surface area contributed by atoms with Crippen LogP contribution >= 0.6 is 0 Å². The predicted molar refractivity (Wildman–Crippen MR) is 66.9 cm³/mol. The second kappa shape index (κ2) is 7.69. The zero-order chi connectivity index (χ0) is 15.1. The average Bonchev–Trinajstić information content (AvgIpc) is 2.30. The quantitative estimate of drug-likeness (QED) is 0.690. The lowest BCUT2D eigenvalue weighted by molar-refractivity contribution is -0.149. The number of halogens is 3. The molecule has 0 rings (SSSR count). The van der Waals surface area contributed by atoms with E-state index in [-0.39, 0.29) is 13.0 Å². The first-order chi connectivity index (χ1) is 8.64. The summed E-state index contributed by atoms with van der Waals surface area (Å²) in [5.74, 6) is -0.457. The molecule has 0 fully saturated rings. The molecular formula is C12H23F3N2O2. The van der Waals surface area contributed by atoms with Crippen molar-refractivity contribution in [3.05, 3.63) is 0 Å². The van der Waals surface area contributed by atoms with Crippen LogP contribution in [0.15, 0.2) is 0 Å². The Hall–Kier alpha value is -0.820. The van der Waals surface area contributed by atoms with E-state index in [2.05, 4.69) is 5.32 Å². The summed E-state index contributed by atoms with van der Waals surface area (Å²) in [6.45, 7) is 3.37. The number of carbonyl (C=O) groups is 1. The van der Waals surface area contributed by atoms with Crippen LogP contribution in [0.4, 0.5) is 13.2 Å². The van der Waals surface area contributed by atoms with Crippen LogP contribution in [0, 0.1) is 0 Å². The largest absolute Gasteiger partial charge is 0.468 e. The maximum absolute atomic E-state index is 12.2. The van der Waals surface area contributed by atoms with Crippen molar-refractivity contribution in [1.82, 2.24) is 10.2 Å². The van der Waals surface area contributed by atoms with Gasteiger partial charge in [-0.1, -0.05) is 6.92 Å². The summed E-state index contributed by atoms with van der Waals surface area (Å²) in [6, 6.07) is 0. The molecule has 0 radical (unpaired) electrons. The second-order valence-corrected chi connectivity index (χ2v) is 4.85. The first-order valence-electron chi connectivity index (χ1n) is 6.23. The van der Waals surface area contributed by atoms with Gasteiger partial charge in [-0.25, -0.2) is 0 Å². The Morgan fingerprint density at radius 3 is 2.37 bits per heavy atom. The lowest BCUT2D eigenvalue weighted by Crippen LogP contribution is -2.52. The third-order valence-corrected chi connectivity index (χ3v) is 2.84. The normalized spacial score (nSPS) is 15.4. The number of alkyl halides is 3. The summed E-state index contributed by atoms with van der Waals surface area (Å²) < 4.78 is 41.3. The van der Waals surface area contributed by atoms with Crippen molar-refractivity contribution in [3.63, 3.8) is 0 Å². The summed E-state index contributed by atoms with van der Waals surface area (Å²) in [6.07, 6.45) is -3.15. The minimum atomic E-state index is -4.23. The van der Waals surface area contributed by atoms with E-state index >= 15 is 0 Å². The van der Waals surface area contributed by atoms with Crippen LogP contribution < -0.4 is 5.32 Å². The van der Waals surface area contributed by atoms with Crippen LogP contribution in [-0.4, -0.2) is 56.4 Å². The zero-order valence-corrected chi connectivity index (χ0v) is 11.9. The van der Waals surface area contributed by atoms with E-state index in [1.807, 2.05) is 6.92 Å². The van der Waals surface area contributed by atoms with E-state index in [0.29, 0.717) is 6.54 Å². The summed E-state index contributed by atoms with van der Waals surface area (Å²) in [5, 5.41) is 3.03. The van der Waals surface area contributed by atoms with Gasteiger partial charge < -0.3 is 10.1 Å². The van der Waals surface area contributed by atoms with Gasteiger partial charge in [-0.3, -0.25) is 9.69 Å². The van der Waals surface area contributed by atoms with Crippen LogP contribution in [0.25, 0.3) is 0 Å². The predicted octanol–water partition coefficient (Wildman–Crippen LogP) is 1.80. The molecule has 0 aliphatic rings. The molecule has 7 heteroatoms. The van der Waals surface area contributed by atoms with Crippen molar-refractivity contribution < 1.29 is 22.7 Å². The fourth-order valence-electron chi connectivity index (χ4n) is 1.69. The number of nitrogens with one attached hydrogen (secondary N) is 1. The molecule has 1 unspecified atom stereocenters. The van der Waals surface area contributed by atoms with E-state index < -0.39 is 24.2 Å². The van der Waals surface area contributed by atoms with Crippen molar-refractivity contribution >= 4 is 5.97 Å². The topological polar surface area (TPSA) is 41.6 Å². The van der Waals surface area contributed by atoms with Gasteiger partial charge in [-0.05, 0) is 33.4 Å². The van der Waals surface area contributed by atoms with Gasteiger partial charge in [0.2, 0.25) is 0 Å². The molecular weight excluding hydrogens is 261 g/mol. The molecule has 0 spiro atoms. The number of ether oxygens (including phenoxy) is 1. The first kappa shape index (κ1) is 18.2. The van der Waals surface area contributed by atoms with Crippen molar-refractivity contribution in [2.75, 3.05) is 33.8 Å².